The second kappa shape index (κ2) is 10.3. The van der Waals surface area contributed by atoms with Crippen molar-refractivity contribution in [1.82, 2.24) is 16.0 Å². The minimum atomic E-state index is -1.20. The van der Waals surface area contributed by atoms with Crippen LogP contribution in [0, 0.1) is 0 Å². The zero-order chi connectivity index (χ0) is 21.3. The number of nitrogens with one attached hydrogen (secondary N) is 3. The summed E-state index contributed by atoms with van der Waals surface area (Å²) < 4.78 is 5.10. The van der Waals surface area contributed by atoms with Crippen molar-refractivity contribution in [3.05, 3.63) is 35.9 Å². The number of ether oxygens (including phenoxy) is 1. The van der Waals surface area contributed by atoms with Gasteiger partial charge in [0.1, 0.15) is 24.2 Å². The van der Waals surface area contributed by atoms with E-state index in [1.54, 1.807) is 45.0 Å². The number of carboxylic acid groups (broad SMARTS) is 1. The van der Waals surface area contributed by atoms with Crippen LogP contribution in [0.5, 0.6) is 0 Å². The predicted molar refractivity (Wildman–Crippen MR) is 102 cm³/mol. The molecule has 0 bridgehead atoms. The highest BCUT2D eigenvalue weighted by molar-refractivity contribution is 5.92. The largest absolute Gasteiger partial charge is 0.480 e. The van der Waals surface area contributed by atoms with Crippen molar-refractivity contribution in [3.63, 3.8) is 0 Å². The van der Waals surface area contributed by atoms with Crippen LogP contribution < -0.4 is 16.0 Å². The molecule has 0 aliphatic heterocycles. The van der Waals surface area contributed by atoms with Gasteiger partial charge in [0.2, 0.25) is 11.8 Å². The number of carbonyl (C=O) groups excluding carboxylic acids is 3. The average Bonchev–Trinajstić information content (AvgIpc) is 2.58. The maximum absolute atomic E-state index is 12.4. The van der Waals surface area contributed by atoms with Gasteiger partial charge in [0.25, 0.3) is 0 Å². The molecule has 0 saturated carbocycles. The molecule has 0 unspecified atom stereocenters. The van der Waals surface area contributed by atoms with Gasteiger partial charge >= 0.3 is 12.1 Å². The van der Waals surface area contributed by atoms with Gasteiger partial charge < -0.3 is 25.8 Å². The van der Waals surface area contributed by atoms with E-state index in [9.17, 15) is 19.2 Å². The van der Waals surface area contributed by atoms with Gasteiger partial charge in [-0.3, -0.25) is 14.4 Å². The molecule has 0 aliphatic rings. The maximum atomic E-state index is 12.4. The lowest BCUT2D eigenvalue weighted by Crippen LogP contribution is -2.54. The van der Waals surface area contributed by atoms with Crippen LogP contribution in [0.15, 0.2) is 30.3 Å². The summed E-state index contributed by atoms with van der Waals surface area (Å²) in [4.78, 5) is 47.2. The van der Waals surface area contributed by atoms with Gasteiger partial charge in [0, 0.05) is 6.42 Å². The van der Waals surface area contributed by atoms with Crippen molar-refractivity contribution < 1.29 is 29.0 Å². The van der Waals surface area contributed by atoms with Gasteiger partial charge in [-0.05, 0) is 33.3 Å². The molecule has 1 rings (SSSR count). The quantitative estimate of drug-likeness (QED) is 0.517. The summed E-state index contributed by atoms with van der Waals surface area (Å²) in [6.07, 6.45) is -0.595. The van der Waals surface area contributed by atoms with Crippen LogP contribution in [0.1, 0.15) is 33.3 Å². The molecule has 3 amide bonds. The van der Waals surface area contributed by atoms with E-state index >= 15 is 0 Å². The highest BCUT2D eigenvalue weighted by Crippen LogP contribution is 2.07. The van der Waals surface area contributed by atoms with Gasteiger partial charge in [-0.15, -0.1) is 0 Å². The molecule has 28 heavy (non-hydrogen) atoms. The Morgan fingerprint density at radius 2 is 1.64 bits per heavy atom. The number of amides is 3. The first kappa shape index (κ1) is 22.9. The summed E-state index contributed by atoms with van der Waals surface area (Å²) in [6, 6.07) is 7.00. The first-order valence-corrected chi connectivity index (χ1v) is 8.81. The van der Waals surface area contributed by atoms with Crippen LogP contribution in [-0.2, 0) is 25.5 Å². The molecule has 0 saturated heterocycles. The number of aliphatic carboxylic acids is 1. The summed E-state index contributed by atoms with van der Waals surface area (Å²) in [6.45, 7) is 5.97. The third-order valence-electron chi connectivity index (χ3n) is 3.46. The van der Waals surface area contributed by atoms with Gasteiger partial charge in [-0.25, -0.2) is 4.79 Å². The summed E-state index contributed by atoms with van der Waals surface area (Å²) in [5.41, 5.74) is 0.0679. The number of hydrogen-bond acceptors (Lipinski definition) is 5. The second-order valence-corrected chi connectivity index (χ2v) is 7.23. The third kappa shape index (κ3) is 9.02. The monoisotopic (exact) mass is 393 g/mol. The third-order valence-corrected chi connectivity index (χ3v) is 3.46. The molecule has 0 spiro atoms. The minimum absolute atomic E-state index is 0.164. The number of alkyl carbamates (subject to hydrolysis) is 1. The number of carbonyl (C=O) groups is 4. The topological polar surface area (TPSA) is 134 Å². The van der Waals surface area contributed by atoms with Crippen molar-refractivity contribution in [1.29, 1.82) is 0 Å². The smallest absolute Gasteiger partial charge is 0.408 e. The SMILES string of the molecule is C[C@H](NC(=O)OC(C)(C)C)C(=O)N[C@@H](Cc1ccccc1)C(=O)NCC(=O)O. The Labute approximate surface area is 163 Å². The fraction of sp³-hybridized carbons (Fsp3) is 0.474. The average molecular weight is 393 g/mol. The lowest BCUT2D eigenvalue weighted by atomic mass is 10.0. The Morgan fingerprint density at radius 3 is 2.18 bits per heavy atom. The van der Waals surface area contributed by atoms with Crippen LogP contribution in [0.4, 0.5) is 4.79 Å². The number of carboxylic acids is 1. The highest BCUT2D eigenvalue weighted by atomic mass is 16.6. The van der Waals surface area contributed by atoms with Crippen molar-refractivity contribution in [2.24, 2.45) is 0 Å². The Kier molecular flexibility index (Phi) is 8.43. The van der Waals surface area contributed by atoms with E-state index in [1.807, 2.05) is 6.07 Å². The number of benzene rings is 1. The molecule has 0 aromatic heterocycles. The second-order valence-electron chi connectivity index (χ2n) is 7.23. The standard InChI is InChI=1S/C19H27N3O6/c1-12(21-18(27)28-19(2,3)4)16(25)22-14(17(26)20-11-15(23)24)10-13-8-6-5-7-9-13/h5-9,12,14H,10-11H2,1-4H3,(H,20,26)(H,21,27)(H,22,25)(H,23,24)/t12-,14-/m0/s1. The van der Waals surface area contributed by atoms with Crippen molar-refractivity contribution >= 4 is 23.9 Å². The molecule has 1 aromatic rings. The molecule has 0 fully saturated rings. The first-order chi connectivity index (χ1) is 13.0. The molecular formula is C19H27N3O6. The van der Waals surface area contributed by atoms with Gasteiger partial charge in [-0.1, -0.05) is 30.3 Å². The molecule has 2 atom stereocenters. The van der Waals surface area contributed by atoms with E-state index in [0.29, 0.717) is 0 Å². The fourth-order valence-electron chi connectivity index (χ4n) is 2.19. The van der Waals surface area contributed by atoms with Crippen molar-refractivity contribution in [2.75, 3.05) is 6.54 Å². The summed E-state index contributed by atoms with van der Waals surface area (Å²) in [5, 5.41) is 15.9. The van der Waals surface area contributed by atoms with Crippen molar-refractivity contribution in [2.45, 2.75) is 51.8 Å². The zero-order valence-electron chi connectivity index (χ0n) is 16.4. The molecule has 154 valence electrons. The van der Waals surface area contributed by atoms with Crippen LogP contribution >= 0.6 is 0 Å². The van der Waals surface area contributed by atoms with Crippen LogP contribution in [0.25, 0.3) is 0 Å². The Hall–Kier alpha value is -3.10. The van der Waals surface area contributed by atoms with Gasteiger partial charge in [-0.2, -0.15) is 0 Å². The normalized spacial score (nSPS) is 13.0. The van der Waals surface area contributed by atoms with Crippen LogP contribution in [0.3, 0.4) is 0 Å². The number of rotatable bonds is 8. The fourth-order valence-corrected chi connectivity index (χ4v) is 2.19. The maximum Gasteiger partial charge on any atom is 0.408 e. The first-order valence-electron chi connectivity index (χ1n) is 8.81. The lowest BCUT2D eigenvalue weighted by Gasteiger charge is -2.23. The Balaban J connectivity index is 2.77. The lowest BCUT2D eigenvalue weighted by molar-refractivity contribution is -0.138. The summed E-state index contributed by atoms with van der Waals surface area (Å²) in [5.74, 6) is -2.43. The zero-order valence-corrected chi connectivity index (χ0v) is 16.4. The Morgan fingerprint density at radius 1 is 1.04 bits per heavy atom. The predicted octanol–water partition coefficient (Wildman–Crippen LogP) is 0.828. The van der Waals surface area contributed by atoms with E-state index in [1.165, 1.54) is 6.92 Å². The Bertz CT molecular complexity index is 699. The highest BCUT2D eigenvalue weighted by Gasteiger charge is 2.26. The van der Waals surface area contributed by atoms with E-state index in [2.05, 4.69) is 16.0 Å². The molecule has 0 radical (unpaired) electrons. The van der Waals surface area contributed by atoms with E-state index in [-0.39, 0.29) is 6.42 Å². The van der Waals surface area contributed by atoms with Gasteiger partial charge in [0.15, 0.2) is 0 Å². The molecule has 4 N–H and O–H groups in total. The molecular weight excluding hydrogens is 366 g/mol. The minimum Gasteiger partial charge on any atom is -0.480 e. The van der Waals surface area contributed by atoms with E-state index in [4.69, 9.17) is 9.84 Å². The molecule has 0 aliphatic carbocycles. The van der Waals surface area contributed by atoms with Crippen LogP contribution in [0.2, 0.25) is 0 Å². The molecule has 0 heterocycles. The van der Waals surface area contributed by atoms with Gasteiger partial charge in [0.05, 0.1) is 0 Å². The summed E-state index contributed by atoms with van der Waals surface area (Å²) in [7, 11) is 0. The van der Waals surface area contributed by atoms with E-state index < -0.39 is 48.1 Å². The molecule has 9 nitrogen and oxygen atoms in total. The van der Waals surface area contributed by atoms with Crippen LogP contribution in [-0.4, -0.2) is 53.2 Å². The summed E-state index contributed by atoms with van der Waals surface area (Å²) >= 11 is 0. The van der Waals surface area contributed by atoms with Crippen molar-refractivity contribution in [3.8, 4) is 0 Å². The molecule has 9 heteroatoms. The number of hydrogen-bond donors (Lipinski definition) is 4. The molecule has 1 aromatic carbocycles. The van der Waals surface area contributed by atoms with E-state index in [0.717, 1.165) is 5.56 Å².